The van der Waals surface area contributed by atoms with Gasteiger partial charge >= 0.3 is 12.1 Å². The summed E-state index contributed by atoms with van der Waals surface area (Å²) in [5.74, 6) is -1.21. The fourth-order valence-corrected chi connectivity index (χ4v) is 2.96. The molecule has 2 aromatic rings. The van der Waals surface area contributed by atoms with Crippen LogP contribution in [0.1, 0.15) is 23.1 Å². The number of aliphatic carboxylic acids is 1. The molecule has 1 atom stereocenters. The minimum Gasteiger partial charge on any atom is -0.481 e. The quantitative estimate of drug-likeness (QED) is 0.754. The highest BCUT2D eigenvalue weighted by Gasteiger charge is 2.34. The van der Waals surface area contributed by atoms with Gasteiger partial charge < -0.3 is 5.11 Å². The Balaban J connectivity index is 2.12. The number of benzene rings is 1. The fraction of sp³-hybridized carbons (Fsp3) is 0.222. The van der Waals surface area contributed by atoms with E-state index in [-0.39, 0.29) is 17.5 Å². The Hall–Kier alpha value is -2.34. The normalized spacial score (nSPS) is 16.5. The Bertz CT molecular complexity index is 890. The van der Waals surface area contributed by atoms with E-state index in [2.05, 4.69) is 4.98 Å². The predicted molar refractivity (Wildman–Crippen MR) is 88.1 cm³/mol. The van der Waals surface area contributed by atoms with Crippen molar-refractivity contribution < 1.29 is 23.1 Å². The van der Waals surface area contributed by atoms with Crippen LogP contribution in [0.3, 0.4) is 0 Å². The smallest absolute Gasteiger partial charge is 0.416 e. The molecule has 25 heavy (non-hydrogen) atoms. The van der Waals surface area contributed by atoms with Crippen molar-refractivity contribution in [3.05, 3.63) is 58.4 Å². The molecule has 1 N–H and O–H groups in total. The first-order valence-electron chi connectivity index (χ1n) is 7.44. The lowest BCUT2D eigenvalue weighted by molar-refractivity contribution is -0.138. The lowest BCUT2D eigenvalue weighted by Gasteiger charge is -2.15. The monoisotopic (exact) mass is 367 g/mol. The predicted octanol–water partition coefficient (Wildman–Crippen LogP) is 5.22. The maximum atomic E-state index is 13.1. The van der Waals surface area contributed by atoms with Crippen molar-refractivity contribution in [2.24, 2.45) is 5.92 Å². The van der Waals surface area contributed by atoms with Gasteiger partial charge in [-0.15, -0.1) is 0 Å². The second-order valence-corrected chi connectivity index (χ2v) is 6.29. The third-order valence-corrected chi connectivity index (χ3v) is 4.29. The Morgan fingerprint density at radius 2 is 1.96 bits per heavy atom. The minimum absolute atomic E-state index is 0.0775. The first-order chi connectivity index (χ1) is 11.7. The van der Waals surface area contributed by atoms with Crippen molar-refractivity contribution in [3.63, 3.8) is 0 Å². The van der Waals surface area contributed by atoms with Gasteiger partial charge in [-0.1, -0.05) is 23.7 Å². The highest BCUT2D eigenvalue weighted by Crippen LogP contribution is 2.46. The van der Waals surface area contributed by atoms with Gasteiger partial charge in [-0.05, 0) is 52.9 Å². The van der Waals surface area contributed by atoms with Crippen molar-refractivity contribution in [2.45, 2.75) is 19.5 Å². The summed E-state index contributed by atoms with van der Waals surface area (Å²) in [6.07, 6.45) is -1.31. The Labute approximate surface area is 146 Å². The van der Waals surface area contributed by atoms with Crippen molar-refractivity contribution >= 4 is 23.1 Å². The highest BCUT2D eigenvalue weighted by atomic mass is 35.5. The minimum atomic E-state index is -4.48. The number of hydrogen-bond acceptors (Lipinski definition) is 2. The van der Waals surface area contributed by atoms with Crippen LogP contribution in [-0.4, -0.2) is 16.1 Å². The van der Waals surface area contributed by atoms with Crippen molar-refractivity contribution in [1.29, 1.82) is 0 Å². The summed E-state index contributed by atoms with van der Waals surface area (Å²) in [5, 5.41) is 9.08. The van der Waals surface area contributed by atoms with Crippen LogP contribution in [0, 0.1) is 12.8 Å². The van der Waals surface area contributed by atoms with Gasteiger partial charge in [-0.3, -0.25) is 4.79 Å². The standard InChI is InChI=1S/C18H13ClF3NO2/c1-9-8-23-16(19)7-13(9)15-6-11(18(20,21)22)2-3-12(15)14-4-10(14)5-17(24)25/h2-4,6-8,10H,5H2,1H3,(H,24,25). The van der Waals surface area contributed by atoms with Gasteiger partial charge in [0.15, 0.2) is 0 Å². The summed E-state index contributed by atoms with van der Waals surface area (Å²) < 4.78 is 39.4. The second kappa shape index (κ2) is 6.19. The van der Waals surface area contributed by atoms with Crippen LogP contribution in [0.4, 0.5) is 13.2 Å². The summed E-state index contributed by atoms with van der Waals surface area (Å²) in [5.41, 5.74) is 2.15. The van der Waals surface area contributed by atoms with E-state index in [1.165, 1.54) is 18.3 Å². The Morgan fingerprint density at radius 1 is 1.24 bits per heavy atom. The molecule has 1 aromatic carbocycles. The van der Waals surface area contributed by atoms with Crippen molar-refractivity contribution in [1.82, 2.24) is 4.98 Å². The van der Waals surface area contributed by atoms with Gasteiger partial charge in [0.05, 0.1) is 12.0 Å². The number of aryl methyl sites for hydroxylation is 1. The van der Waals surface area contributed by atoms with E-state index >= 15 is 0 Å². The average molecular weight is 368 g/mol. The molecule has 0 fully saturated rings. The lowest BCUT2D eigenvalue weighted by Crippen LogP contribution is -2.06. The first-order valence-corrected chi connectivity index (χ1v) is 7.82. The number of aromatic nitrogens is 1. The first kappa shape index (κ1) is 17.5. The molecule has 0 saturated heterocycles. The summed E-state index contributed by atoms with van der Waals surface area (Å²) in [6.45, 7) is 1.73. The fourth-order valence-electron chi connectivity index (χ4n) is 2.80. The molecule has 0 aliphatic heterocycles. The van der Waals surface area contributed by atoms with Gasteiger partial charge in [0, 0.05) is 12.1 Å². The van der Waals surface area contributed by atoms with Gasteiger partial charge in [-0.25, -0.2) is 4.98 Å². The van der Waals surface area contributed by atoms with E-state index in [0.29, 0.717) is 22.3 Å². The molecule has 3 nitrogen and oxygen atoms in total. The number of alkyl halides is 3. The number of allylic oxidation sites excluding steroid dienone is 2. The van der Waals surface area contributed by atoms with Crippen LogP contribution in [0.2, 0.25) is 5.15 Å². The van der Waals surface area contributed by atoms with Gasteiger partial charge in [0.1, 0.15) is 5.15 Å². The summed E-state index contributed by atoms with van der Waals surface area (Å²) in [6, 6.07) is 4.99. The highest BCUT2D eigenvalue weighted by molar-refractivity contribution is 6.29. The third kappa shape index (κ3) is 3.69. The summed E-state index contributed by atoms with van der Waals surface area (Å²) >= 11 is 5.92. The SMILES string of the molecule is Cc1cnc(Cl)cc1-c1cc(C(F)(F)F)ccc1C1=CC1CC(=O)O. The maximum absolute atomic E-state index is 13.1. The summed E-state index contributed by atoms with van der Waals surface area (Å²) in [4.78, 5) is 14.8. The number of nitrogens with zero attached hydrogens (tertiary/aromatic N) is 1. The van der Waals surface area contributed by atoms with E-state index < -0.39 is 17.7 Å². The number of rotatable bonds is 4. The third-order valence-electron chi connectivity index (χ3n) is 4.08. The zero-order chi connectivity index (χ0) is 18.4. The molecule has 1 unspecified atom stereocenters. The van der Waals surface area contributed by atoms with E-state index in [1.807, 2.05) is 0 Å². The topological polar surface area (TPSA) is 50.2 Å². The van der Waals surface area contributed by atoms with Crippen LogP contribution in [0.15, 0.2) is 36.5 Å². The van der Waals surface area contributed by atoms with Crippen molar-refractivity contribution in [2.75, 3.05) is 0 Å². The van der Waals surface area contributed by atoms with E-state index in [9.17, 15) is 18.0 Å². The number of carboxylic acids is 1. The van der Waals surface area contributed by atoms with E-state index in [0.717, 1.165) is 17.7 Å². The molecule has 0 saturated carbocycles. The molecular formula is C18H13ClF3NO2. The zero-order valence-electron chi connectivity index (χ0n) is 13.1. The van der Waals surface area contributed by atoms with Gasteiger partial charge in [-0.2, -0.15) is 13.2 Å². The molecule has 1 aliphatic carbocycles. The number of hydrogen-bond donors (Lipinski definition) is 1. The summed E-state index contributed by atoms with van der Waals surface area (Å²) in [7, 11) is 0. The largest absolute Gasteiger partial charge is 0.481 e. The van der Waals surface area contributed by atoms with Gasteiger partial charge in [0.25, 0.3) is 0 Å². The molecule has 1 aliphatic rings. The molecule has 0 radical (unpaired) electrons. The lowest BCUT2D eigenvalue weighted by atomic mass is 9.92. The van der Waals surface area contributed by atoms with Crippen LogP contribution >= 0.6 is 11.6 Å². The van der Waals surface area contributed by atoms with Crippen LogP contribution in [0.5, 0.6) is 0 Å². The number of carbonyl (C=O) groups is 1. The molecule has 0 bridgehead atoms. The number of carboxylic acid groups (broad SMARTS) is 1. The second-order valence-electron chi connectivity index (χ2n) is 5.91. The zero-order valence-corrected chi connectivity index (χ0v) is 13.8. The van der Waals surface area contributed by atoms with Crippen LogP contribution in [-0.2, 0) is 11.0 Å². The molecule has 7 heteroatoms. The van der Waals surface area contributed by atoms with Crippen LogP contribution < -0.4 is 0 Å². The number of pyridine rings is 1. The Morgan fingerprint density at radius 3 is 2.60 bits per heavy atom. The molecular weight excluding hydrogens is 355 g/mol. The van der Waals surface area contributed by atoms with Crippen molar-refractivity contribution in [3.8, 4) is 11.1 Å². The molecule has 130 valence electrons. The molecule has 0 amide bonds. The molecule has 1 heterocycles. The maximum Gasteiger partial charge on any atom is 0.416 e. The van der Waals surface area contributed by atoms with E-state index in [4.69, 9.17) is 16.7 Å². The average Bonchev–Trinajstić information content (AvgIpc) is 3.26. The van der Waals surface area contributed by atoms with Crippen LogP contribution in [0.25, 0.3) is 16.7 Å². The molecule has 0 spiro atoms. The Kier molecular flexibility index (Phi) is 4.33. The molecule has 3 rings (SSSR count). The molecule has 1 aromatic heterocycles. The number of halogens is 4. The van der Waals surface area contributed by atoms with E-state index in [1.54, 1.807) is 13.0 Å². The van der Waals surface area contributed by atoms with Gasteiger partial charge in [0.2, 0.25) is 0 Å².